The quantitative estimate of drug-likeness (QED) is 0.439. The van der Waals surface area contributed by atoms with Crippen molar-refractivity contribution in [2.75, 3.05) is 12.4 Å². The van der Waals surface area contributed by atoms with Crippen molar-refractivity contribution in [2.45, 2.75) is 24.1 Å². The summed E-state index contributed by atoms with van der Waals surface area (Å²) in [7, 11) is 1.55. The highest BCUT2D eigenvalue weighted by atomic mass is 35.5. The average Bonchev–Trinajstić information content (AvgIpc) is 3.48. The van der Waals surface area contributed by atoms with Crippen molar-refractivity contribution >= 4 is 51.7 Å². The Labute approximate surface area is 222 Å². The Kier molecular flexibility index (Phi) is 7.25. The second-order valence-corrected chi connectivity index (χ2v) is 10.1. The van der Waals surface area contributed by atoms with Gasteiger partial charge in [0.05, 0.1) is 18.9 Å². The van der Waals surface area contributed by atoms with E-state index in [1.165, 1.54) is 23.9 Å². The number of benzene rings is 3. The first-order valence-corrected chi connectivity index (χ1v) is 12.8. The number of rotatable bonds is 6. The van der Waals surface area contributed by atoms with Gasteiger partial charge in [0.25, 0.3) is 5.91 Å². The molecule has 3 aromatic carbocycles. The number of nitrogens with zero attached hydrogens (tertiary/aromatic N) is 3. The molecule has 2 heterocycles. The van der Waals surface area contributed by atoms with Crippen molar-refractivity contribution in [1.29, 1.82) is 0 Å². The predicted molar refractivity (Wildman–Crippen MR) is 144 cm³/mol. The number of amidine groups is 1. The number of carbonyl (C=O) groups excluding carboxylic acids is 2. The first-order chi connectivity index (χ1) is 17.9. The summed E-state index contributed by atoms with van der Waals surface area (Å²) in [5, 5.41) is 9.57. The molecule has 1 N–H and O–H groups in total. The van der Waals surface area contributed by atoms with Crippen LogP contribution in [0.1, 0.15) is 30.0 Å². The Bertz CT molecular complexity index is 1410. The van der Waals surface area contributed by atoms with Crippen LogP contribution in [0.25, 0.3) is 0 Å². The molecule has 2 aliphatic rings. The summed E-state index contributed by atoms with van der Waals surface area (Å²) in [5.74, 6) is -0.414. The van der Waals surface area contributed by atoms with Crippen molar-refractivity contribution in [3.05, 3.63) is 94.8 Å². The summed E-state index contributed by atoms with van der Waals surface area (Å²) in [5.41, 5.74) is 3.00. The van der Waals surface area contributed by atoms with Crippen LogP contribution >= 0.6 is 23.4 Å². The van der Waals surface area contributed by atoms with Gasteiger partial charge in [0.1, 0.15) is 16.8 Å². The smallest absolute Gasteiger partial charge is 0.262 e. The molecule has 2 amide bonds. The predicted octanol–water partition coefficient (Wildman–Crippen LogP) is 5.67. The summed E-state index contributed by atoms with van der Waals surface area (Å²) in [6, 6.07) is 20.3. The molecule has 0 aromatic heterocycles. The van der Waals surface area contributed by atoms with Gasteiger partial charge in [-0.1, -0.05) is 53.7 Å². The summed E-state index contributed by atoms with van der Waals surface area (Å²) in [6.07, 6.45) is 0.471. The monoisotopic (exact) mass is 536 g/mol. The lowest BCUT2D eigenvalue weighted by molar-refractivity contribution is -0.121. The number of halogens is 2. The zero-order chi connectivity index (χ0) is 25.9. The van der Waals surface area contributed by atoms with E-state index < -0.39 is 11.2 Å². The minimum Gasteiger partial charge on any atom is -0.497 e. The van der Waals surface area contributed by atoms with Crippen LogP contribution in [0.2, 0.25) is 5.02 Å². The third-order valence-electron chi connectivity index (χ3n) is 5.97. The van der Waals surface area contributed by atoms with Crippen LogP contribution in [0.15, 0.2) is 82.9 Å². The first-order valence-electron chi connectivity index (χ1n) is 11.5. The zero-order valence-corrected chi connectivity index (χ0v) is 21.3. The average molecular weight is 537 g/mol. The number of methoxy groups -OCH3 is 1. The van der Waals surface area contributed by atoms with Crippen molar-refractivity contribution in [3.8, 4) is 5.75 Å². The summed E-state index contributed by atoms with van der Waals surface area (Å²) in [4.78, 5) is 29.7. The molecule has 0 fully saturated rings. The molecule has 0 saturated heterocycles. The number of anilines is 1. The van der Waals surface area contributed by atoms with E-state index in [4.69, 9.17) is 21.4 Å². The van der Waals surface area contributed by atoms with Crippen molar-refractivity contribution in [1.82, 2.24) is 5.01 Å². The second-order valence-electron chi connectivity index (χ2n) is 8.50. The fourth-order valence-electron chi connectivity index (χ4n) is 4.16. The van der Waals surface area contributed by atoms with Gasteiger partial charge < -0.3 is 10.1 Å². The van der Waals surface area contributed by atoms with Crippen LogP contribution in [0.3, 0.4) is 0 Å². The van der Waals surface area contributed by atoms with Gasteiger partial charge in [-0.2, -0.15) is 10.1 Å². The molecule has 2 atom stereocenters. The largest absolute Gasteiger partial charge is 0.497 e. The van der Waals surface area contributed by atoms with Crippen LogP contribution in [0, 0.1) is 5.82 Å². The molecule has 0 bridgehead atoms. The standard InChI is InChI=1S/C27H22ClFN4O3S/c1-36-21-7-3-6-20(13-21)30-25(34)15-24-26(35)31-27(37-24)33-23(17-4-2-5-18(28)12-17)14-22(32-33)16-8-10-19(29)11-9-16/h2-13,23-24H,14-15H2,1H3,(H,30,34)/t23-,24-/m1/s1. The lowest BCUT2D eigenvalue weighted by Crippen LogP contribution is -2.25. The first kappa shape index (κ1) is 25.0. The van der Waals surface area contributed by atoms with E-state index in [1.807, 2.05) is 18.2 Å². The number of carbonyl (C=O) groups is 2. The fourth-order valence-corrected chi connectivity index (χ4v) is 5.42. The van der Waals surface area contributed by atoms with Gasteiger partial charge in [0, 0.05) is 29.6 Å². The van der Waals surface area contributed by atoms with Gasteiger partial charge in [-0.15, -0.1) is 0 Å². The molecule has 37 heavy (non-hydrogen) atoms. The van der Waals surface area contributed by atoms with Gasteiger partial charge in [-0.25, -0.2) is 9.40 Å². The molecule has 7 nitrogen and oxygen atoms in total. The maximum absolute atomic E-state index is 13.5. The lowest BCUT2D eigenvalue weighted by atomic mass is 9.98. The number of ether oxygens (including phenoxy) is 1. The molecule has 0 spiro atoms. The van der Waals surface area contributed by atoms with Crippen molar-refractivity contribution < 1.29 is 18.7 Å². The van der Waals surface area contributed by atoms with E-state index in [2.05, 4.69) is 10.3 Å². The summed E-state index contributed by atoms with van der Waals surface area (Å²) >= 11 is 7.46. The minimum absolute atomic E-state index is 0.0437. The van der Waals surface area contributed by atoms with Crippen LogP contribution in [-0.2, 0) is 9.59 Å². The van der Waals surface area contributed by atoms with E-state index >= 15 is 0 Å². The normalized spacial score (nSPS) is 19.0. The fraction of sp³-hybridized carbons (Fsp3) is 0.185. The van der Waals surface area contributed by atoms with Crippen LogP contribution in [-0.4, -0.2) is 40.1 Å². The number of hydrazone groups is 1. The van der Waals surface area contributed by atoms with Crippen LogP contribution < -0.4 is 10.1 Å². The second kappa shape index (κ2) is 10.7. The van der Waals surface area contributed by atoms with Gasteiger partial charge in [0.2, 0.25) is 5.91 Å². The number of aliphatic imine (C=N–C) groups is 1. The Morgan fingerprint density at radius 1 is 1.16 bits per heavy atom. The maximum atomic E-state index is 13.5. The Hall–Kier alpha value is -3.69. The van der Waals surface area contributed by atoms with E-state index in [9.17, 15) is 14.0 Å². The highest BCUT2D eigenvalue weighted by Crippen LogP contribution is 2.39. The molecule has 2 aliphatic heterocycles. The SMILES string of the molecule is COc1cccc(NC(=O)C[C@H]2SC(N3N=C(c4ccc(F)cc4)C[C@@H]3c3cccc(Cl)c3)=NC2=O)c1. The van der Waals surface area contributed by atoms with E-state index in [1.54, 1.807) is 54.6 Å². The highest BCUT2D eigenvalue weighted by Gasteiger charge is 2.39. The summed E-state index contributed by atoms with van der Waals surface area (Å²) in [6.45, 7) is 0. The topological polar surface area (TPSA) is 83.4 Å². The number of nitrogens with one attached hydrogen (secondary N) is 1. The minimum atomic E-state index is -0.675. The molecule has 3 aromatic rings. The van der Waals surface area contributed by atoms with Gasteiger partial charge in [0.15, 0.2) is 5.17 Å². The molecule has 0 aliphatic carbocycles. The Morgan fingerprint density at radius 3 is 2.70 bits per heavy atom. The van der Waals surface area contributed by atoms with Crippen LogP contribution in [0.4, 0.5) is 10.1 Å². The van der Waals surface area contributed by atoms with Crippen molar-refractivity contribution in [3.63, 3.8) is 0 Å². The molecule has 10 heteroatoms. The molecule has 0 unspecified atom stereocenters. The molecule has 188 valence electrons. The lowest BCUT2D eigenvalue weighted by Gasteiger charge is -2.23. The third kappa shape index (κ3) is 5.68. The highest BCUT2D eigenvalue weighted by molar-refractivity contribution is 8.15. The molecule has 0 radical (unpaired) electrons. The van der Waals surface area contributed by atoms with Gasteiger partial charge in [-0.05, 0) is 47.5 Å². The number of hydrogen-bond donors (Lipinski definition) is 1. The third-order valence-corrected chi connectivity index (χ3v) is 7.35. The summed E-state index contributed by atoms with van der Waals surface area (Å²) < 4.78 is 18.7. The Balaban J connectivity index is 1.34. The van der Waals surface area contributed by atoms with E-state index in [0.29, 0.717) is 28.0 Å². The van der Waals surface area contributed by atoms with E-state index in [0.717, 1.165) is 16.8 Å². The van der Waals surface area contributed by atoms with Gasteiger partial charge >= 0.3 is 0 Å². The number of amides is 2. The molecule has 5 rings (SSSR count). The Morgan fingerprint density at radius 2 is 1.95 bits per heavy atom. The molecular weight excluding hydrogens is 515 g/mol. The number of thioether (sulfide) groups is 1. The molecule has 0 saturated carbocycles. The van der Waals surface area contributed by atoms with E-state index in [-0.39, 0.29) is 24.2 Å². The van der Waals surface area contributed by atoms with Crippen LogP contribution in [0.5, 0.6) is 5.75 Å². The number of hydrogen-bond acceptors (Lipinski definition) is 6. The zero-order valence-electron chi connectivity index (χ0n) is 19.7. The van der Waals surface area contributed by atoms with Crippen molar-refractivity contribution in [2.24, 2.45) is 10.1 Å². The molecular formula is C27H22ClFN4O3S. The van der Waals surface area contributed by atoms with Gasteiger partial charge in [-0.3, -0.25) is 9.59 Å². The maximum Gasteiger partial charge on any atom is 0.262 e.